The maximum Gasteiger partial charge on any atom is 0.314 e. The van der Waals surface area contributed by atoms with Gasteiger partial charge in [-0.3, -0.25) is 4.57 Å². The lowest BCUT2D eigenvalue weighted by Crippen LogP contribution is -1.75. The average molecular weight is 224 g/mol. The van der Waals surface area contributed by atoms with Crippen LogP contribution in [-0.2, 0) is 4.57 Å². The topological polar surface area (TPSA) is 57.5 Å². The normalized spacial score (nSPS) is 9.87. The number of fused-ring (bicyclic) bond motifs is 1. The summed E-state index contributed by atoms with van der Waals surface area (Å²) in [5.74, 6) is 0. The van der Waals surface area contributed by atoms with Crippen LogP contribution in [0.3, 0.4) is 0 Å². The second-order valence-corrected chi connectivity index (χ2v) is 3.64. The zero-order valence-corrected chi connectivity index (χ0v) is 9.34. The van der Waals surface area contributed by atoms with Gasteiger partial charge in [-0.15, -0.1) is 0 Å². The minimum absolute atomic E-state index is 1.33. The van der Waals surface area contributed by atoms with Crippen molar-refractivity contribution < 1.29 is 14.4 Å². The van der Waals surface area contributed by atoms with E-state index in [2.05, 4.69) is 49.4 Å². The summed E-state index contributed by atoms with van der Waals surface area (Å²) in [6.07, 6.45) is 0. The molecule has 0 aliphatic rings. The van der Waals surface area contributed by atoms with Crippen molar-refractivity contribution in [2.45, 2.75) is 6.92 Å². The van der Waals surface area contributed by atoms with Gasteiger partial charge in [0.25, 0.3) is 0 Å². The molecule has 0 saturated heterocycles. The molecule has 0 radical (unpaired) electrons. The summed E-state index contributed by atoms with van der Waals surface area (Å²) in [6.45, 7) is 2.14. The number of hydrogen-bond acceptors (Lipinski definition) is 1. The average Bonchev–Trinajstić information content (AvgIpc) is 2.18. The van der Waals surface area contributed by atoms with Gasteiger partial charge in [-0.1, -0.05) is 42.5 Å². The minimum Gasteiger partial charge on any atom is -0.326 e. The Kier molecular flexibility index (Phi) is 4.50. The van der Waals surface area contributed by atoms with Gasteiger partial charge in [0.1, 0.15) is 0 Å². The highest BCUT2D eigenvalue weighted by molar-refractivity contribution is 7.30. The maximum atomic E-state index is 8.74. The molecule has 0 spiro atoms. The third-order valence-corrected chi connectivity index (χ3v) is 2.01. The molecule has 2 aromatic rings. The van der Waals surface area contributed by atoms with Crippen LogP contribution < -0.4 is 0 Å². The second kappa shape index (κ2) is 5.66. The van der Waals surface area contributed by atoms with Crippen molar-refractivity contribution in [3.8, 4) is 0 Å². The van der Waals surface area contributed by atoms with E-state index in [0.29, 0.717) is 0 Å². The van der Waals surface area contributed by atoms with Crippen LogP contribution >= 0.6 is 8.25 Å². The molecule has 2 aromatic carbocycles. The Bertz CT molecular complexity index is 459. The predicted molar refractivity (Wildman–Crippen MR) is 62.1 cm³/mol. The number of benzene rings is 2. The first-order valence-electron chi connectivity index (χ1n) is 4.47. The van der Waals surface area contributed by atoms with Crippen molar-refractivity contribution in [3.05, 3.63) is 48.0 Å². The summed E-state index contributed by atoms with van der Waals surface area (Å²) < 4.78 is 8.74. The van der Waals surface area contributed by atoms with Crippen molar-refractivity contribution in [1.82, 2.24) is 0 Å². The Morgan fingerprint density at radius 2 is 1.53 bits per heavy atom. The van der Waals surface area contributed by atoms with Crippen molar-refractivity contribution in [2.75, 3.05) is 0 Å². The summed E-state index contributed by atoms with van der Waals surface area (Å²) in [5.41, 5.74) is 1.35. The SMILES string of the molecule is Cc1cccc2ccccc12.O=[PH](O)O. The van der Waals surface area contributed by atoms with Crippen LogP contribution in [0.5, 0.6) is 0 Å². The summed E-state index contributed by atoms with van der Waals surface area (Å²) in [7, 11) is -3.13. The van der Waals surface area contributed by atoms with Gasteiger partial charge in [-0.2, -0.15) is 0 Å². The molecule has 0 atom stereocenters. The van der Waals surface area contributed by atoms with E-state index < -0.39 is 8.25 Å². The molecular formula is C11H13O3P. The van der Waals surface area contributed by atoms with Crippen LogP contribution in [-0.4, -0.2) is 9.79 Å². The lowest BCUT2D eigenvalue weighted by atomic mass is 10.1. The zero-order chi connectivity index (χ0) is 11.3. The standard InChI is InChI=1S/C11H10.H3O3P/c1-9-5-4-7-10-6-2-3-8-11(9)10;1-4(2)3/h2-8H,1H3;4H,(H2,1,2,3). The van der Waals surface area contributed by atoms with Gasteiger partial charge in [0, 0.05) is 0 Å². The molecular weight excluding hydrogens is 211 g/mol. The summed E-state index contributed by atoms with van der Waals surface area (Å²) in [5, 5.41) is 2.68. The van der Waals surface area contributed by atoms with E-state index in [9.17, 15) is 0 Å². The highest BCUT2D eigenvalue weighted by Crippen LogP contribution is 2.16. The van der Waals surface area contributed by atoms with E-state index in [4.69, 9.17) is 14.4 Å². The molecule has 0 aromatic heterocycles. The number of aryl methyl sites for hydroxylation is 1. The Labute approximate surface area is 89.0 Å². The molecule has 0 bridgehead atoms. The quantitative estimate of drug-likeness (QED) is 0.676. The van der Waals surface area contributed by atoms with Gasteiger partial charge in [-0.25, -0.2) is 0 Å². The molecule has 2 rings (SSSR count). The summed E-state index contributed by atoms with van der Waals surface area (Å²) in [6, 6.07) is 14.8. The van der Waals surface area contributed by atoms with Crippen molar-refractivity contribution in [3.63, 3.8) is 0 Å². The lowest BCUT2D eigenvalue weighted by Gasteiger charge is -1.98. The molecule has 0 unspecified atom stereocenters. The van der Waals surface area contributed by atoms with Gasteiger partial charge >= 0.3 is 8.25 Å². The predicted octanol–water partition coefficient (Wildman–Crippen LogP) is 2.51. The highest BCUT2D eigenvalue weighted by atomic mass is 31.1. The molecule has 0 amide bonds. The Balaban J connectivity index is 0.000000245. The van der Waals surface area contributed by atoms with Crippen molar-refractivity contribution in [1.29, 1.82) is 0 Å². The Hall–Kier alpha value is -1.15. The molecule has 80 valence electrons. The van der Waals surface area contributed by atoms with E-state index in [-0.39, 0.29) is 0 Å². The van der Waals surface area contributed by atoms with Crippen LogP contribution in [0.15, 0.2) is 42.5 Å². The fourth-order valence-corrected chi connectivity index (χ4v) is 1.39. The van der Waals surface area contributed by atoms with Crippen LogP contribution in [0, 0.1) is 6.92 Å². The van der Waals surface area contributed by atoms with E-state index >= 15 is 0 Å². The fraction of sp³-hybridized carbons (Fsp3) is 0.0909. The fourth-order valence-electron chi connectivity index (χ4n) is 1.39. The third-order valence-electron chi connectivity index (χ3n) is 2.01. The molecule has 15 heavy (non-hydrogen) atoms. The molecule has 4 heteroatoms. The van der Waals surface area contributed by atoms with Gasteiger partial charge in [0.05, 0.1) is 0 Å². The van der Waals surface area contributed by atoms with Crippen LogP contribution in [0.4, 0.5) is 0 Å². The first-order valence-corrected chi connectivity index (χ1v) is 5.78. The van der Waals surface area contributed by atoms with Crippen LogP contribution in [0.2, 0.25) is 0 Å². The number of hydrogen-bond donors (Lipinski definition) is 2. The van der Waals surface area contributed by atoms with Crippen LogP contribution in [0.1, 0.15) is 5.56 Å². The lowest BCUT2D eigenvalue weighted by molar-refractivity contribution is 0.405. The zero-order valence-electron chi connectivity index (χ0n) is 8.34. The molecule has 0 aliphatic heterocycles. The summed E-state index contributed by atoms with van der Waals surface area (Å²) >= 11 is 0. The smallest absolute Gasteiger partial charge is 0.314 e. The van der Waals surface area contributed by atoms with Gasteiger partial charge in [0.2, 0.25) is 0 Å². The van der Waals surface area contributed by atoms with Crippen LogP contribution in [0.25, 0.3) is 10.8 Å². The molecule has 0 heterocycles. The molecule has 0 saturated carbocycles. The first kappa shape index (κ1) is 11.9. The molecule has 0 aliphatic carbocycles. The van der Waals surface area contributed by atoms with E-state index in [1.807, 2.05) is 0 Å². The maximum absolute atomic E-state index is 8.74. The minimum atomic E-state index is -3.13. The van der Waals surface area contributed by atoms with Crippen molar-refractivity contribution in [2.24, 2.45) is 0 Å². The van der Waals surface area contributed by atoms with E-state index in [1.54, 1.807) is 0 Å². The van der Waals surface area contributed by atoms with Gasteiger partial charge in [0.15, 0.2) is 0 Å². The van der Waals surface area contributed by atoms with Crippen molar-refractivity contribution >= 4 is 19.0 Å². The second-order valence-electron chi connectivity index (χ2n) is 3.08. The Morgan fingerprint density at radius 3 is 2.13 bits per heavy atom. The van der Waals surface area contributed by atoms with Gasteiger partial charge < -0.3 is 9.79 Å². The van der Waals surface area contributed by atoms with E-state index in [1.165, 1.54) is 16.3 Å². The largest absolute Gasteiger partial charge is 0.326 e. The molecule has 0 fully saturated rings. The summed E-state index contributed by atoms with van der Waals surface area (Å²) in [4.78, 5) is 14.3. The van der Waals surface area contributed by atoms with E-state index in [0.717, 1.165) is 0 Å². The molecule has 2 N–H and O–H groups in total. The Morgan fingerprint density at radius 1 is 1.00 bits per heavy atom. The number of rotatable bonds is 0. The first-order chi connectivity index (χ1) is 7.11. The monoisotopic (exact) mass is 224 g/mol. The molecule has 3 nitrogen and oxygen atoms in total. The third kappa shape index (κ3) is 3.84. The highest BCUT2D eigenvalue weighted by Gasteiger charge is 1.92. The van der Waals surface area contributed by atoms with Gasteiger partial charge in [-0.05, 0) is 23.3 Å².